The Morgan fingerprint density at radius 3 is 2.85 bits per heavy atom. The van der Waals surface area contributed by atoms with Crippen LogP contribution in [0, 0.1) is 5.92 Å². The molecule has 0 aromatic carbocycles. The minimum Gasteiger partial charge on any atom is -0.468 e. The number of rotatable bonds is 4. The summed E-state index contributed by atoms with van der Waals surface area (Å²) in [5, 5.41) is 0. The third-order valence-corrected chi connectivity index (χ3v) is 5.36. The van der Waals surface area contributed by atoms with Gasteiger partial charge >= 0.3 is 0 Å². The van der Waals surface area contributed by atoms with E-state index in [-0.39, 0.29) is 12.1 Å². The van der Waals surface area contributed by atoms with E-state index in [4.69, 9.17) is 10.2 Å². The van der Waals surface area contributed by atoms with E-state index in [2.05, 4.69) is 17.9 Å². The number of piperidine rings is 1. The zero-order chi connectivity index (χ0) is 13.9. The first kappa shape index (κ1) is 14.2. The molecule has 2 unspecified atom stereocenters. The lowest BCUT2D eigenvalue weighted by Gasteiger charge is -2.48. The van der Waals surface area contributed by atoms with Crippen molar-refractivity contribution in [3.05, 3.63) is 24.2 Å². The van der Waals surface area contributed by atoms with E-state index in [1.54, 1.807) is 6.26 Å². The van der Waals surface area contributed by atoms with Gasteiger partial charge in [-0.05, 0) is 56.7 Å². The van der Waals surface area contributed by atoms with Gasteiger partial charge in [-0.25, -0.2) is 0 Å². The van der Waals surface area contributed by atoms with Crippen LogP contribution in [0.1, 0.15) is 63.7 Å². The molecule has 1 aliphatic heterocycles. The Hall–Kier alpha value is -0.800. The molecule has 2 N–H and O–H groups in total. The standard InChI is InChI=1S/C17H28N2O/c1-2-14(18)17(16-10-6-12-20-16)19-11-5-8-13-7-3-4-9-15(13)19/h6,10,12-15,17H,2-5,7-9,11,18H2,1H3/t13-,14?,15-,17?/m1/s1. The molecule has 2 fully saturated rings. The van der Waals surface area contributed by atoms with Gasteiger partial charge in [0.25, 0.3) is 0 Å². The number of likely N-dealkylation sites (tertiary alicyclic amines) is 1. The van der Waals surface area contributed by atoms with Crippen LogP contribution in [-0.4, -0.2) is 23.5 Å². The van der Waals surface area contributed by atoms with Crippen LogP contribution in [0.25, 0.3) is 0 Å². The molecule has 112 valence electrons. The molecule has 3 nitrogen and oxygen atoms in total. The van der Waals surface area contributed by atoms with Crippen molar-refractivity contribution in [2.75, 3.05) is 6.54 Å². The molecule has 0 bridgehead atoms. The molecule has 3 heteroatoms. The molecule has 0 amide bonds. The van der Waals surface area contributed by atoms with Crippen molar-refractivity contribution in [3.8, 4) is 0 Å². The molecule has 0 spiro atoms. The zero-order valence-electron chi connectivity index (χ0n) is 12.6. The molecular weight excluding hydrogens is 248 g/mol. The first-order valence-electron chi connectivity index (χ1n) is 8.36. The topological polar surface area (TPSA) is 42.4 Å². The Morgan fingerprint density at radius 1 is 1.30 bits per heavy atom. The summed E-state index contributed by atoms with van der Waals surface area (Å²) >= 11 is 0. The molecule has 2 heterocycles. The second kappa shape index (κ2) is 6.31. The molecule has 1 saturated carbocycles. The lowest BCUT2D eigenvalue weighted by molar-refractivity contribution is 0.00804. The average Bonchev–Trinajstić information content (AvgIpc) is 3.01. The fraction of sp³-hybridized carbons (Fsp3) is 0.765. The van der Waals surface area contributed by atoms with Gasteiger partial charge in [0.2, 0.25) is 0 Å². The lowest BCUT2D eigenvalue weighted by Crippen LogP contribution is -2.52. The van der Waals surface area contributed by atoms with Crippen LogP contribution in [0.4, 0.5) is 0 Å². The summed E-state index contributed by atoms with van der Waals surface area (Å²) in [6, 6.07) is 5.26. The molecular formula is C17H28N2O. The monoisotopic (exact) mass is 276 g/mol. The van der Waals surface area contributed by atoms with Crippen molar-refractivity contribution in [1.29, 1.82) is 0 Å². The largest absolute Gasteiger partial charge is 0.468 e. The molecule has 4 atom stereocenters. The summed E-state index contributed by atoms with van der Waals surface area (Å²) in [7, 11) is 0. The summed E-state index contributed by atoms with van der Waals surface area (Å²) in [5.41, 5.74) is 6.46. The van der Waals surface area contributed by atoms with Gasteiger partial charge in [-0.3, -0.25) is 4.90 Å². The number of hydrogen-bond donors (Lipinski definition) is 1. The van der Waals surface area contributed by atoms with E-state index in [0.717, 1.165) is 24.1 Å². The number of furan rings is 1. The molecule has 0 radical (unpaired) electrons. The normalized spacial score (nSPS) is 30.7. The third-order valence-electron chi connectivity index (χ3n) is 5.36. The summed E-state index contributed by atoms with van der Waals surface area (Å²) in [6.45, 7) is 3.36. The molecule has 1 aliphatic carbocycles. The van der Waals surface area contributed by atoms with Gasteiger partial charge in [0.1, 0.15) is 5.76 Å². The number of nitrogens with two attached hydrogens (primary N) is 1. The average molecular weight is 276 g/mol. The number of fused-ring (bicyclic) bond motifs is 1. The van der Waals surface area contributed by atoms with E-state index in [1.165, 1.54) is 45.1 Å². The van der Waals surface area contributed by atoms with Gasteiger partial charge in [-0.15, -0.1) is 0 Å². The Morgan fingerprint density at radius 2 is 2.10 bits per heavy atom. The van der Waals surface area contributed by atoms with Crippen molar-refractivity contribution in [3.63, 3.8) is 0 Å². The summed E-state index contributed by atoms with van der Waals surface area (Å²) < 4.78 is 5.73. The van der Waals surface area contributed by atoms with E-state index < -0.39 is 0 Å². The summed E-state index contributed by atoms with van der Waals surface area (Å²) in [5.74, 6) is 1.95. The summed E-state index contributed by atoms with van der Waals surface area (Å²) in [4.78, 5) is 2.68. The highest BCUT2D eigenvalue weighted by atomic mass is 16.3. The van der Waals surface area contributed by atoms with Crippen LogP contribution in [0.15, 0.2) is 22.8 Å². The third kappa shape index (κ3) is 2.66. The lowest BCUT2D eigenvalue weighted by atomic mass is 9.77. The minimum absolute atomic E-state index is 0.168. The van der Waals surface area contributed by atoms with E-state index in [0.29, 0.717) is 0 Å². The molecule has 1 aromatic heterocycles. The molecule has 1 aromatic rings. The predicted octanol–water partition coefficient (Wildman–Crippen LogP) is 3.71. The first-order chi connectivity index (χ1) is 9.81. The van der Waals surface area contributed by atoms with Crippen LogP contribution in [-0.2, 0) is 0 Å². The predicted molar refractivity (Wildman–Crippen MR) is 81.4 cm³/mol. The highest BCUT2D eigenvalue weighted by Gasteiger charge is 2.39. The van der Waals surface area contributed by atoms with Crippen molar-refractivity contribution in [2.45, 2.75) is 70.0 Å². The van der Waals surface area contributed by atoms with Crippen molar-refractivity contribution in [2.24, 2.45) is 11.7 Å². The zero-order valence-corrected chi connectivity index (χ0v) is 12.6. The maximum Gasteiger partial charge on any atom is 0.122 e. The molecule has 1 saturated heterocycles. The molecule has 20 heavy (non-hydrogen) atoms. The van der Waals surface area contributed by atoms with Gasteiger partial charge in [-0.1, -0.05) is 19.8 Å². The first-order valence-corrected chi connectivity index (χ1v) is 8.36. The maximum absolute atomic E-state index is 6.46. The van der Waals surface area contributed by atoms with Crippen LogP contribution in [0.5, 0.6) is 0 Å². The number of hydrogen-bond acceptors (Lipinski definition) is 3. The van der Waals surface area contributed by atoms with Crippen molar-refractivity contribution in [1.82, 2.24) is 4.90 Å². The molecule has 2 aliphatic rings. The Bertz CT molecular complexity index is 401. The van der Waals surface area contributed by atoms with E-state index >= 15 is 0 Å². The van der Waals surface area contributed by atoms with Gasteiger partial charge in [-0.2, -0.15) is 0 Å². The fourth-order valence-corrected chi connectivity index (χ4v) is 4.31. The van der Waals surface area contributed by atoms with Crippen LogP contribution < -0.4 is 5.73 Å². The van der Waals surface area contributed by atoms with E-state index in [1.807, 2.05) is 6.07 Å². The van der Waals surface area contributed by atoms with E-state index in [9.17, 15) is 0 Å². The maximum atomic E-state index is 6.46. The minimum atomic E-state index is 0.168. The van der Waals surface area contributed by atoms with Gasteiger partial charge < -0.3 is 10.2 Å². The van der Waals surface area contributed by atoms with Gasteiger partial charge in [0.15, 0.2) is 0 Å². The van der Waals surface area contributed by atoms with Crippen molar-refractivity contribution >= 4 is 0 Å². The van der Waals surface area contributed by atoms with Gasteiger partial charge in [0.05, 0.1) is 12.3 Å². The quantitative estimate of drug-likeness (QED) is 0.911. The number of nitrogens with zero attached hydrogens (tertiary/aromatic N) is 1. The molecule has 3 rings (SSSR count). The SMILES string of the molecule is CCC(N)C(c1ccco1)N1CCC[C@H]2CCCC[C@H]21. The highest BCUT2D eigenvalue weighted by Crippen LogP contribution is 2.40. The Balaban J connectivity index is 1.85. The van der Waals surface area contributed by atoms with Crippen LogP contribution in [0.2, 0.25) is 0 Å². The highest BCUT2D eigenvalue weighted by molar-refractivity contribution is 5.09. The van der Waals surface area contributed by atoms with Crippen molar-refractivity contribution < 1.29 is 4.42 Å². The fourth-order valence-electron chi connectivity index (χ4n) is 4.31. The Kier molecular flexibility index (Phi) is 4.47. The van der Waals surface area contributed by atoms with Crippen LogP contribution >= 0.6 is 0 Å². The second-order valence-electron chi connectivity index (χ2n) is 6.52. The Labute approximate surface area is 122 Å². The second-order valence-corrected chi connectivity index (χ2v) is 6.52. The van der Waals surface area contributed by atoms with Gasteiger partial charge in [0, 0.05) is 12.1 Å². The summed E-state index contributed by atoms with van der Waals surface area (Å²) in [6.07, 6.45) is 11.1. The smallest absolute Gasteiger partial charge is 0.122 e. The van der Waals surface area contributed by atoms with Crippen LogP contribution in [0.3, 0.4) is 0 Å².